The van der Waals surface area contributed by atoms with Gasteiger partial charge in [-0.3, -0.25) is 9.59 Å². The largest absolute Gasteiger partial charge is 0.354 e. The van der Waals surface area contributed by atoms with E-state index in [-0.39, 0.29) is 24.1 Å². The topological polar surface area (TPSA) is 49.4 Å². The van der Waals surface area contributed by atoms with Crippen molar-refractivity contribution in [3.8, 4) is 0 Å². The highest BCUT2D eigenvalue weighted by Gasteiger charge is 2.29. The van der Waals surface area contributed by atoms with E-state index in [1.54, 1.807) is 34.9 Å². The van der Waals surface area contributed by atoms with Gasteiger partial charge in [0.1, 0.15) is 6.04 Å². The number of nitrogens with zero attached hydrogens (tertiary/aromatic N) is 1. The van der Waals surface area contributed by atoms with Crippen LogP contribution in [0.5, 0.6) is 0 Å². The Hall–Kier alpha value is -1.69. The number of rotatable bonds is 11. The lowest BCUT2D eigenvalue weighted by Crippen LogP contribution is -2.50. The van der Waals surface area contributed by atoms with Gasteiger partial charge in [0, 0.05) is 34.5 Å². The average molecular weight is 510 g/mol. The second-order valence-electron chi connectivity index (χ2n) is 8.77. The highest BCUT2D eigenvalue weighted by molar-refractivity contribution is 7.99. The van der Waals surface area contributed by atoms with Crippen LogP contribution in [-0.2, 0) is 21.9 Å². The van der Waals surface area contributed by atoms with Crippen molar-refractivity contribution in [2.75, 3.05) is 12.3 Å². The number of nitrogens with one attached hydrogen (secondary N) is 1. The molecule has 180 valence electrons. The minimum absolute atomic E-state index is 0.105. The van der Waals surface area contributed by atoms with E-state index in [1.807, 2.05) is 20.8 Å². The molecule has 4 nitrogen and oxygen atoms in total. The van der Waals surface area contributed by atoms with Crippen LogP contribution in [0.25, 0.3) is 0 Å². The van der Waals surface area contributed by atoms with Gasteiger partial charge in [-0.2, -0.15) is 0 Å². The molecule has 0 radical (unpaired) electrons. The summed E-state index contributed by atoms with van der Waals surface area (Å²) in [5, 5.41) is 3.95. The number of hydrogen-bond acceptors (Lipinski definition) is 3. The van der Waals surface area contributed by atoms with Gasteiger partial charge in [0.15, 0.2) is 0 Å². The lowest BCUT2D eigenvalue weighted by atomic mass is 10.1. The van der Waals surface area contributed by atoms with Gasteiger partial charge in [-0.25, -0.2) is 0 Å². The van der Waals surface area contributed by atoms with E-state index < -0.39 is 6.04 Å². The number of aryl methyl sites for hydroxylation is 2. The number of hydrogen-bond donors (Lipinski definition) is 1. The van der Waals surface area contributed by atoms with E-state index in [1.165, 1.54) is 16.7 Å². The van der Waals surface area contributed by atoms with E-state index in [0.29, 0.717) is 34.5 Å². The molecule has 0 spiro atoms. The Morgan fingerprint density at radius 2 is 1.67 bits per heavy atom. The predicted octanol–water partition coefficient (Wildman–Crippen LogP) is 6.42. The molecule has 0 aromatic heterocycles. The standard InChI is InChI=1S/C26H34Cl2N2O2S/c1-6-24(26(32)29-13-17(2)3)30(14-21-22(27)8-7-9-23(21)28)25(31)16-33-15-20-11-18(4)10-19(5)12-20/h7-12,17,24H,6,13-16H2,1-5H3,(H,29,32)/t24-/m1/s1. The molecule has 7 heteroatoms. The zero-order chi connectivity index (χ0) is 24.5. The number of halogens is 2. The van der Waals surface area contributed by atoms with Gasteiger partial charge in [-0.15, -0.1) is 11.8 Å². The Morgan fingerprint density at radius 1 is 1.06 bits per heavy atom. The third-order valence-electron chi connectivity index (χ3n) is 5.24. The summed E-state index contributed by atoms with van der Waals surface area (Å²) in [6.07, 6.45) is 0.499. The molecule has 0 fully saturated rings. The van der Waals surface area contributed by atoms with Crippen molar-refractivity contribution in [2.45, 2.75) is 59.4 Å². The number of benzene rings is 2. The van der Waals surface area contributed by atoms with E-state index in [0.717, 1.165) is 5.75 Å². The van der Waals surface area contributed by atoms with Crippen LogP contribution in [0.15, 0.2) is 36.4 Å². The van der Waals surface area contributed by atoms with Gasteiger partial charge in [0.25, 0.3) is 0 Å². The summed E-state index contributed by atoms with van der Waals surface area (Å²) in [5.74, 6) is 1.06. The van der Waals surface area contributed by atoms with Gasteiger partial charge in [-0.05, 0) is 43.9 Å². The van der Waals surface area contributed by atoms with Crippen molar-refractivity contribution in [3.63, 3.8) is 0 Å². The molecule has 0 aliphatic heterocycles. The van der Waals surface area contributed by atoms with Crippen LogP contribution in [0, 0.1) is 19.8 Å². The maximum Gasteiger partial charge on any atom is 0.242 e. The maximum absolute atomic E-state index is 13.4. The van der Waals surface area contributed by atoms with Crippen molar-refractivity contribution >= 4 is 46.8 Å². The molecule has 0 saturated heterocycles. The Morgan fingerprint density at radius 3 is 2.21 bits per heavy atom. The lowest BCUT2D eigenvalue weighted by molar-refractivity contribution is -0.139. The van der Waals surface area contributed by atoms with Crippen LogP contribution in [0.2, 0.25) is 10.0 Å². The predicted molar refractivity (Wildman–Crippen MR) is 141 cm³/mol. The molecule has 2 aromatic rings. The molecule has 0 heterocycles. The number of thioether (sulfide) groups is 1. The Kier molecular flexibility index (Phi) is 11.1. The highest BCUT2D eigenvalue weighted by Crippen LogP contribution is 2.27. The molecular formula is C26H34Cl2N2O2S. The molecular weight excluding hydrogens is 475 g/mol. The molecule has 1 atom stereocenters. The average Bonchev–Trinajstić information content (AvgIpc) is 2.73. The lowest BCUT2D eigenvalue weighted by Gasteiger charge is -2.31. The van der Waals surface area contributed by atoms with E-state index in [9.17, 15) is 9.59 Å². The van der Waals surface area contributed by atoms with Crippen molar-refractivity contribution in [2.24, 2.45) is 5.92 Å². The Labute approximate surface area is 212 Å². The van der Waals surface area contributed by atoms with E-state index >= 15 is 0 Å². The maximum atomic E-state index is 13.4. The van der Waals surface area contributed by atoms with Crippen LogP contribution in [0.1, 0.15) is 49.4 Å². The molecule has 0 aliphatic rings. The van der Waals surface area contributed by atoms with Crippen LogP contribution < -0.4 is 5.32 Å². The second kappa shape index (κ2) is 13.3. The highest BCUT2D eigenvalue weighted by atomic mass is 35.5. The summed E-state index contributed by atoms with van der Waals surface area (Å²) in [6.45, 7) is 10.9. The summed E-state index contributed by atoms with van der Waals surface area (Å²) >= 11 is 14.3. The minimum atomic E-state index is -0.592. The number of amides is 2. The molecule has 2 amide bonds. The summed E-state index contributed by atoms with van der Waals surface area (Å²) in [4.78, 5) is 28.0. The van der Waals surface area contributed by atoms with E-state index in [2.05, 4.69) is 37.4 Å². The summed E-state index contributed by atoms with van der Waals surface area (Å²) < 4.78 is 0. The molecule has 2 rings (SSSR count). The fraction of sp³-hybridized carbons (Fsp3) is 0.462. The first-order valence-electron chi connectivity index (χ1n) is 11.3. The van der Waals surface area contributed by atoms with Crippen LogP contribution in [-0.4, -0.2) is 35.1 Å². The van der Waals surface area contributed by atoms with Gasteiger partial charge in [-0.1, -0.05) is 79.4 Å². The van der Waals surface area contributed by atoms with Crippen LogP contribution in [0.3, 0.4) is 0 Å². The van der Waals surface area contributed by atoms with Crippen molar-refractivity contribution in [1.29, 1.82) is 0 Å². The van der Waals surface area contributed by atoms with Crippen LogP contribution >= 0.6 is 35.0 Å². The third-order valence-corrected chi connectivity index (χ3v) is 6.93. The Balaban J connectivity index is 2.20. The second-order valence-corrected chi connectivity index (χ2v) is 10.6. The quantitative estimate of drug-likeness (QED) is 0.380. The minimum Gasteiger partial charge on any atom is -0.354 e. The summed E-state index contributed by atoms with van der Waals surface area (Å²) in [6, 6.07) is 11.1. The first-order chi connectivity index (χ1) is 15.6. The zero-order valence-corrected chi connectivity index (χ0v) is 22.4. The fourth-order valence-corrected chi connectivity index (χ4v) is 5.05. The van der Waals surface area contributed by atoms with Crippen LogP contribution in [0.4, 0.5) is 0 Å². The molecule has 0 aliphatic carbocycles. The van der Waals surface area contributed by atoms with Gasteiger partial charge >= 0.3 is 0 Å². The molecule has 2 aromatic carbocycles. The summed E-state index contributed by atoms with van der Waals surface area (Å²) in [5.41, 5.74) is 4.26. The summed E-state index contributed by atoms with van der Waals surface area (Å²) in [7, 11) is 0. The molecule has 0 saturated carbocycles. The van der Waals surface area contributed by atoms with Gasteiger partial charge < -0.3 is 10.2 Å². The molecule has 0 bridgehead atoms. The smallest absolute Gasteiger partial charge is 0.242 e. The molecule has 0 unspecified atom stereocenters. The fourth-order valence-electron chi connectivity index (χ4n) is 3.69. The number of carbonyl (C=O) groups is 2. The Bertz CT molecular complexity index is 925. The van der Waals surface area contributed by atoms with Crippen molar-refractivity contribution < 1.29 is 9.59 Å². The first-order valence-corrected chi connectivity index (χ1v) is 13.2. The number of carbonyl (C=O) groups excluding carboxylic acids is 2. The first kappa shape index (κ1) is 27.6. The van der Waals surface area contributed by atoms with Crippen molar-refractivity contribution in [1.82, 2.24) is 10.2 Å². The SMILES string of the molecule is CC[C@H](C(=O)NCC(C)C)N(Cc1c(Cl)cccc1Cl)C(=O)CSCc1cc(C)cc(C)c1. The molecule has 33 heavy (non-hydrogen) atoms. The normalized spacial score (nSPS) is 12.0. The molecule has 1 N–H and O–H groups in total. The van der Waals surface area contributed by atoms with Gasteiger partial charge in [0.05, 0.1) is 5.75 Å². The third kappa shape index (κ3) is 8.55. The zero-order valence-electron chi connectivity index (χ0n) is 20.1. The van der Waals surface area contributed by atoms with Gasteiger partial charge in [0.2, 0.25) is 11.8 Å². The monoisotopic (exact) mass is 508 g/mol. The van der Waals surface area contributed by atoms with Crippen molar-refractivity contribution in [3.05, 3.63) is 68.7 Å². The van der Waals surface area contributed by atoms with E-state index in [4.69, 9.17) is 23.2 Å².